The molecule has 23 heavy (non-hydrogen) atoms. The quantitative estimate of drug-likeness (QED) is 0.868. The number of nitrogens with one attached hydrogen (secondary N) is 2. The van der Waals surface area contributed by atoms with E-state index < -0.39 is 0 Å². The van der Waals surface area contributed by atoms with E-state index in [1.165, 1.54) is 0 Å². The average molecular weight is 360 g/mol. The highest BCUT2D eigenvalue weighted by atomic mass is 35.5. The Bertz CT molecular complexity index is 572. The molecule has 2 rings (SSSR count). The first-order chi connectivity index (χ1) is 10.4. The second-order valence-electron chi connectivity index (χ2n) is 5.88. The maximum absolute atomic E-state index is 12.4. The molecule has 0 radical (unpaired) electrons. The summed E-state index contributed by atoms with van der Waals surface area (Å²) >= 11 is 6.14. The Morgan fingerprint density at radius 2 is 2.09 bits per heavy atom. The summed E-state index contributed by atoms with van der Waals surface area (Å²) in [7, 11) is 1.75. The molecular weight excluding hydrogens is 337 g/mol. The fourth-order valence-corrected chi connectivity index (χ4v) is 2.47. The van der Waals surface area contributed by atoms with Gasteiger partial charge in [-0.15, -0.1) is 12.4 Å². The van der Waals surface area contributed by atoms with Crippen molar-refractivity contribution in [2.75, 3.05) is 25.5 Å². The van der Waals surface area contributed by atoms with Crippen LogP contribution in [-0.2, 0) is 4.79 Å². The summed E-state index contributed by atoms with van der Waals surface area (Å²) in [4.78, 5) is 26.2. The van der Waals surface area contributed by atoms with Gasteiger partial charge >= 0.3 is 0 Å². The van der Waals surface area contributed by atoms with E-state index in [0.29, 0.717) is 22.8 Å². The van der Waals surface area contributed by atoms with Gasteiger partial charge in [-0.3, -0.25) is 9.59 Å². The zero-order chi connectivity index (χ0) is 16.3. The van der Waals surface area contributed by atoms with Crippen LogP contribution in [0.15, 0.2) is 18.2 Å². The molecule has 1 atom stereocenters. The highest BCUT2D eigenvalue weighted by Gasteiger charge is 2.23. The van der Waals surface area contributed by atoms with Crippen LogP contribution < -0.4 is 10.6 Å². The Labute approximate surface area is 148 Å². The second-order valence-corrected chi connectivity index (χ2v) is 6.29. The van der Waals surface area contributed by atoms with Crippen LogP contribution in [0.3, 0.4) is 0 Å². The zero-order valence-corrected chi connectivity index (χ0v) is 15.1. The van der Waals surface area contributed by atoms with Gasteiger partial charge in [0.15, 0.2) is 0 Å². The third kappa shape index (κ3) is 4.83. The number of amides is 2. The Hall–Kier alpha value is -1.30. The van der Waals surface area contributed by atoms with E-state index in [4.69, 9.17) is 11.6 Å². The lowest BCUT2D eigenvalue weighted by Crippen LogP contribution is -2.33. The van der Waals surface area contributed by atoms with Crippen LogP contribution in [0.5, 0.6) is 0 Å². The SMILES string of the molecule is CC(C)N(C)C(=O)c1ccc(Cl)c(NC(=O)C2CCNC2)c1.Cl. The van der Waals surface area contributed by atoms with Gasteiger partial charge in [-0.2, -0.15) is 0 Å². The number of hydrogen-bond donors (Lipinski definition) is 2. The first-order valence-electron chi connectivity index (χ1n) is 7.48. The van der Waals surface area contributed by atoms with Crippen LogP contribution in [0.25, 0.3) is 0 Å². The molecule has 0 aromatic heterocycles. The lowest BCUT2D eigenvalue weighted by Gasteiger charge is -2.22. The van der Waals surface area contributed by atoms with E-state index in [2.05, 4.69) is 10.6 Å². The standard InChI is InChI=1S/C16H22ClN3O2.ClH/c1-10(2)20(3)16(22)11-4-5-13(17)14(8-11)19-15(21)12-6-7-18-9-12;/h4-5,8,10,12,18H,6-7,9H2,1-3H3,(H,19,21);1H. The maximum Gasteiger partial charge on any atom is 0.253 e. The second kappa shape index (κ2) is 8.52. The van der Waals surface area contributed by atoms with Gasteiger partial charge in [-0.05, 0) is 45.0 Å². The molecule has 0 bridgehead atoms. The molecular formula is C16H23Cl2N3O2. The summed E-state index contributed by atoms with van der Waals surface area (Å²) in [6.45, 7) is 5.43. The molecule has 1 aliphatic rings. The molecule has 1 aromatic carbocycles. The molecule has 0 saturated carbocycles. The van der Waals surface area contributed by atoms with E-state index in [9.17, 15) is 9.59 Å². The largest absolute Gasteiger partial charge is 0.339 e. The smallest absolute Gasteiger partial charge is 0.253 e. The van der Waals surface area contributed by atoms with Crippen molar-refractivity contribution in [3.05, 3.63) is 28.8 Å². The number of carbonyl (C=O) groups excluding carboxylic acids is 2. The molecule has 2 N–H and O–H groups in total. The van der Waals surface area contributed by atoms with Crippen molar-refractivity contribution < 1.29 is 9.59 Å². The molecule has 5 nitrogen and oxygen atoms in total. The van der Waals surface area contributed by atoms with Crippen molar-refractivity contribution >= 4 is 41.5 Å². The monoisotopic (exact) mass is 359 g/mol. The van der Waals surface area contributed by atoms with Crippen LogP contribution in [0.2, 0.25) is 5.02 Å². The summed E-state index contributed by atoms with van der Waals surface area (Å²) in [5.41, 5.74) is 1.00. The maximum atomic E-state index is 12.4. The fourth-order valence-electron chi connectivity index (χ4n) is 2.31. The van der Waals surface area contributed by atoms with E-state index >= 15 is 0 Å². The third-order valence-corrected chi connectivity index (χ3v) is 4.33. The number of benzene rings is 1. The van der Waals surface area contributed by atoms with Crippen molar-refractivity contribution in [3.63, 3.8) is 0 Å². The predicted molar refractivity (Wildman–Crippen MR) is 95.5 cm³/mol. The molecule has 1 fully saturated rings. The van der Waals surface area contributed by atoms with Crippen molar-refractivity contribution in [1.82, 2.24) is 10.2 Å². The van der Waals surface area contributed by atoms with Gasteiger partial charge in [-0.1, -0.05) is 11.6 Å². The van der Waals surface area contributed by atoms with Crippen LogP contribution >= 0.6 is 24.0 Å². The van der Waals surface area contributed by atoms with Crippen molar-refractivity contribution in [2.24, 2.45) is 5.92 Å². The van der Waals surface area contributed by atoms with E-state index in [-0.39, 0.29) is 36.2 Å². The van der Waals surface area contributed by atoms with Gasteiger partial charge in [0, 0.05) is 25.2 Å². The number of halogens is 2. The van der Waals surface area contributed by atoms with Gasteiger partial charge in [-0.25, -0.2) is 0 Å². The first-order valence-corrected chi connectivity index (χ1v) is 7.86. The molecule has 1 heterocycles. The van der Waals surface area contributed by atoms with Crippen molar-refractivity contribution in [3.8, 4) is 0 Å². The Balaban J connectivity index is 0.00000264. The lowest BCUT2D eigenvalue weighted by molar-refractivity contribution is -0.119. The summed E-state index contributed by atoms with van der Waals surface area (Å²) < 4.78 is 0. The van der Waals surface area contributed by atoms with Crippen LogP contribution in [0.1, 0.15) is 30.6 Å². The topological polar surface area (TPSA) is 61.4 Å². The predicted octanol–water partition coefficient (Wildman–Crippen LogP) is 2.79. The molecule has 0 aliphatic carbocycles. The molecule has 0 spiro atoms. The Morgan fingerprint density at radius 3 is 2.65 bits per heavy atom. The molecule has 7 heteroatoms. The minimum Gasteiger partial charge on any atom is -0.339 e. The normalized spacial score (nSPS) is 16.8. The van der Waals surface area contributed by atoms with Crippen LogP contribution in [-0.4, -0.2) is 42.9 Å². The van der Waals surface area contributed by atoms with Crippen LogP contribution in [0.4, 0.5) is 5.69 Å². The van der Waals surface area contributed by atoms with E-state index in [1.807, 2.05) is 13.8 Å². The molecule has 1 saturated heterocycles. The number of rotatable bonds is 4. The molecule has 2 amide bonds. The zero-order valence-electron chi connectivity index (χ0n) is 13.6. The molecule has 1 unspecified atom stereocenters. The highest BCUT2D eigenvalue weighted by Crippen LogP contribution is 2.25. The van der Waals surface area contributed by atoms with Crippen LogP contribution in [0, 0.1) is 5.92 Å². The van der Waals surface area contributed by atoms with Crippen molar-refractivity contribution in [2.45, 2.75) is 26.3 Å². The number of hydrogen-bond acceptors (Lipinski definition) is 3. The first kappa shape index (κ1) is 19.7. The highest BCUT2D eigenvalue weighted by molar-refractivity contribution is 6.33. The minimum absolute atomic E-state index is 0. The average Bonchev–Trinajstić information content (AvgIpc) is 3.02. The van der Waals surface area contributed by atoms with E-state index in [1.54, 1.807) is 30.1 Å². The fraction of sp³-hybridized carbons (Fsp3) is 0.500. The van der Waals surface area contributed by atoms with Gasteiger partial charge in [0.2, 0.25) is 5.91 Å². The number of carbonyl (C=O) groups is 2. The molecule has 128 valence electrons. The molecule has 1 aliphatic heterocycles. The van der Waals surface area contributed by atoms with Gasteiger partial charge < -0.3 is 15.5 Å². The number of nitrogens with zero attached hydrogens (tertiary/aromatic N) is 1. The third-order valence-electron chi connectivity index (χ3n) is 4.00. The van der Waals surface area contributed by atoms with Gasteiger partial charge in [0.05, 0.1) is 16.6 Å². The van der Waals surface area contributed by atoms with Gasteiger partial charge in [0.1, 0.15) is 0 Å². The lowest BCUT2D eigenvalue weighted by atomic mass is 10.1. The van der Waals surface area contributed by atoms with Crippen molar-refractivity contribution in [1.29, 1.82) is 0 Å². The number of anilines is 1. The Morgan fingerprint density at radius 1 is 1.39 bits per heavy atom. The Kier molecular flexibility index (Phi) is 7.32. The molecule has 1 aromatic rings. The van der Waals surface area contributed by atoms with E-state index in [0.717, 1.165) is 13.0 Å². The minimum atomic E-state index is -0.0929. The summed E-state index contributed by atoms with van der Waals surface area (Å²) in [5, 5.41) is 6.42. The summed E-state index contributed by atoms with van der Waals surface area (Å²) in [6.07, 6.45) is 0.818. The summed E-state index contributed by atoms with van der Waals surface area (Å²) in [6, 6.07) is 5.07. The summed E-state index contributed by atoms with van der Waals surface area (Å²) in [5.74, 6) is -0.202. The van der Waals surface area contributed by atoms with Gasteiger partial charge in [0.25, 0.3) is 5.91 Å².